The van der Waals surface area contributed by atoms with Crippen molar-refractivity contribution in [3.8, 4) is 5.75 Å². The van der Waals surface area contributed by atoms with Gasteiger partial charge < -0.3 is 10.1 Å². The van der Waals surface area contributed by atoms with Crippen LogP contribution in [0.15, 0.2) is 42.5 Å². The molecule has 1 aromatic carbocycles. The van der Waals surface area contributed by atoms with E-state index in [2.05, 4.69) is 5.32 Å². The molecule has 0 bridgehead atoms. The van der Waals surface area contributed by atoms with Crippen LogP contribution in [0, 0.1) is 6.92 Å². The molecule has 1 amide bonds. The minimum absolute atomic E-state index is 0.0994. The first-order valence-electron chi connectivity index (χ1n) is 6.33. The number of hydrogen-bond acceptors (Lipinski definition) is 2. The van der Waals surface area contributed by atoms with Crippen molar-refractivity contribution in [3.05, 3.63) is 53.6 Å². The maximum atomic E-state index is 11.7. The molecule has 0 spiro atoms. The Bertz CT molecular complexity index is 490. The standard InChI is InChI=1S/C16H21NO2/c1-5-6-7-8-16(18)17-13(3)14-11-12(2)9-10-15(14)19-4/h5-11,13H,1-4H3,(H,17,18)/b6-5+,8-7+/t13-/m0/s1. The molecule has 0 aliphatic heterocycles. The summed E-state index contributed by atoms with van der Waals surface area (Å²) in [7, 11) is 1.63. The smallest absolute Gasteiger partial charge is 0.244 e. The van der Waals surface area contributed by atoms with Crippen LogP contribution in [0.4, 0.5) is 0 Å². The van der Waals surface area contributed by atoms with Crippen molar-refractivity contribution in [2.24, 2.45) is 0 Å². The number of allylic oxidation sites excluding steroid dienone is 3. The monoisotopic (exact) mass is 259 g/mol. The fourth-order valence-corrected chi connectivity index (χ4v) is 1.79. The van der Waals surface area contributed by atoms with E-state index < -0.39 is 0 Å². The molecule has 19 heavy (non-hydrogen) atoms. The quantitative estimate of drug-likeness (QED) is 0.650. The minimum atomic E-state index is -0.117. The molecule has 3 heteroatoms. The summed E-state index contributed by atoms with van der Waals surface area (Å²) in [6.07, 6.45) is 6.92. The second-order valence-electron chi connectivity index (χ2n) is 4.36. The Labute approximate surface area is 115 Å². The van der Waals surface area contributed by atoms with Crippen molar-refractivity contribution in [1.29, 1.82) is 0 Å². The number of ether oxygens (including phenoxy) is 1. The lowest BCUT2D eigenvalue weighted by Crippen LogP contribution is -2.25. The highest BCUT2D eigenvalue weighted by molar-refractivity contribution is 5.88. The van der Waals surface area contributed by atoms with Gasteiger partial charge in [0.15, 0.2) is 0 Å². The fourth-order valence-electron chi connectivity index (χ4n) is 1.79. The summed E-state index contributed by atoms with van der Waals surface area (Å²) in [5.41, 5.74) is 2.12. The molecule has 1 atom stereocenters. The number of hydrogen-bond donors (Lipinski definition) is 1. The zero-order chi connectivity index (χ0) is 14.3. The van der Waals surface area contributed by atoms with Crippen LogP contribution in [-0.4, -0.2) is 13.0 Å². The van der Waals surface area contributed by atoms with Gasteiger partial charge in [0, 0.05) is 11.6 Å². The Hall–Kier alpha value is -2.03. The zero-order valence-corrected chi connectivity index (χ0v) is 11.9. The Kier molecular flexibility index (Phi) is 5.86. The molecule has 0 aromatic heterocycles. The molecule has 0 fully saturated rings. The van der Waals surface area contributed by atoms with Crippen molar-refractivity contribution < 1.29 is 9.53 Å². The Morgan fingerprint density at radius 3 is 2.74 bits per heavy atom. The molecule has 0 radical (unpaired) electrons. The molecule has 1 rings (SSSR count). The fraction of sp³-hybridized carbons (Fsp3) is 0.312. The highest BCUT2D eigenvalue weighted by atomic mass is 16.5. The Balaban J connectivity index is 2.80. The van der Waals surface area contributed by atoms with Gasteiger partial charge in [-0.1, -0.05) is 35.9 Å². The molecule has 0 unspecified atom stereocenters. The van der Waals surface area contributed by atoms with E-state index in [1.807, 2.05) is 51.1 Å². The van der Waals surface area contributed by atoms with Crippen LogP contribution in [0.25, 0.3) is 0 Å². The third-order valence-corrected chi connectivity index (χ3v) is 2.76. The third kappa shape index (κ3) is 4.62. The van der Waals surface area contributed by atoms with Gasteiger partial charge in [0.05, 0.1) is 13.2 Å². The lowest BCUT2D eigenvalue weighted by molar-refractivity contribution is -0.117. The van der Waals surface area contributed by atoms with Gasteiger partial charge in [-0.2, -0.15) is 0 Å². The van der Waals surface area contributed by atoms with Gasteiger partial charge >= 0.3 is 0 Å². The van der Waals surface area contributed by atoms with Gasteiger partial charge in [-0.05, 0) is 26.8 Å². The normalized spacial score (nSPS) is 12.8. The highest BCUT2D eigenvalue weighted by Crippen LogP contribution is 2.25. The van der Waals surface area contributed by atoms with E-state index in [0.717, 1.165) is 16.9 Å². The van der Waals surface area contributed by atoms with Crippen LogP contribution in [0.5, 0.6) is 5.75 Å². The van der Waals surface area contributed by atoms with E-state index >= 15 is 0 Å². The molecule has 0 aliphatic rings. The maximum absolute atomic E-state index is 11.7. The van der Waals surface area contributed by atoms with Crippen LogP contribution < -0.4 is 10.1 Å². The molecular formula is C16H21NO2. The Morgan fingerprint density at radius 2 is 2.11 bits per heavy atom. The maximum Gasteiger partial charge on any atom is 0.244 e. The first-order valence-corrected chi connectivity index (χ1v) is 6.33. The largest absolute Gasteiger partial charge is 0.496 e. The van der Waals surface area contributed by atoms with Gasteiger partial charge in [-0.3, -0.25) is 4.79 Å². The summed E-state index contributed by atoms with van der Waals surface area (Å²) in [5.74, 6) is 0.671. The number of amides is 1. The number of carbonyl (C=O) groups is 1. The van der Waals surface area contributed by atoms with Gasteiger partial charge in [0.2, 0.25) is 5.91 Å². The first-order chi connectivity index (χ1) is 9.08. The molecule has 0 heterocycles. The molecular weight excluding hydrogens is 238 g/mol. The number of rotatable bonds is 5. The number of aryl methyl sites for hydroxylation is 1. The lowest BCUT2D eigenvalue weighted by atomic mass is 10.0. The molecule has 3 nitrogen and oxygen atoms in total. The van der Waals surface area contributed by atoms with Gasteiger partial charge in [-0.15, -0.1) is 0 Å². The number of nitrogens with one attached hydrogen (secondary N) is 1. The van der Waals surface area contributed by atoms with E-state index in [-0.39, 0.29) is 11.9 Å². The second kappa shape index (κ2) is 7.41. The summed E-state index contributed by atoms with van der Waals surface area (Å²) >= 11 is 0. The SMILES string of the molecule is C/C=C/C=C/C(=O)N[C@@H](C)c1cc(C)ccc1OC. The van der Waals surface area contributed by atoms with E-state index in [9.17, 15) is 4.79 Å². The van der Waals surface area contributed by atoms with Crippen LogP contribution in [0.3, 0.4) is 0 Å². The van der Waals surface area contributed by atoms with Crippen LogP contribution >= 0.6 is 0 Å². The molecule has 1 aromatic rings. The summed E-state index contributed by atoms with van der Waals surface area (Å²) in [6.45, 7) is 5.87. The molecule has 0 saturated carbocycles. The van der Waals surface area contributed by atoms with Crippen molar-refractivity contribution >= 4 is 5.91 Å². The van der Waals surface area contributed by atoms with Crippen LogP contribution in [-0.2, 0) is 4.79 Å². The topological polar surface area (TPSA) is 38.3 Å². The average molecular weight is 259 g/mol. The molecule has 0 saturated heterocycles. The first kappa shape index (κ1) is 15.0. The van der Waals surface area contributed by atoms with E-state index in [1.165, 1.54) is 6.08 Å². The van der Waals surface area contributed by atoms with E-state index in [4.69, 9.17) is 4.74 Å². The third-order valence-electron chi connectivity index (χ3n) is 2.76. The van der Waals surface area contributed by atoms with Gasteiger partial charge in [-0.25, -0.2) is 0 Å². The molecule has 102 valence electrons. The van der Waals surface area contributed by atoms with Crippen molar-refractivity contribution in [2.75, 3.05) is 7.11 Å². The van der Waals surface area contributed by atoms with Gasteiger partial charge in [0.1, 0.15) is 5.75 Å². The summed E-state index contributed by atoms with van der Waals surface area (Å²) in [6, 6.07) is 5.84. The minimum Gasteiger partial charge on any atom is -0.496 e. The number of benzene rings is 1. The highest BCUT2D eigenvalue weighted by Gasteiger charge is 2.12. The van der Waals surface area contributed by atoms with Crippen molar-refractivity contribution in [2.45, 2.75) is 26.8 Å². The number of carbonyl (C=O) groups excluding carboxylic acids is 1. The number of methoxy groups -OCH3 is 1. The Morgan fingerprint density at radius 1 is 1.37 bits per heavy atom. The zero-order valence-electron chi connectivity index (χ0n) is 11.9. The molecule has 0 aliphatic carbocycles. The van der Waals surface area contributed by atoms with E-state index in [1.54, 1.807) is 13.2 Å². The summed E-state index contributed by atoms with van der Waals surface area (Å²) < 4.78 is 5.32. The molecule has 1 N–H and O–H groups in total. The van der Waals surface area contributed by atoms with E-state index in [0.29, 0.717) is 0 Å². The summed E-state index contributed by atoms with van der Waals surface area (Å²) in [5, 5.41) is 2.92. The van der Waals surface area contributed by atoms with Crippen LogP contribution in [0.2, 0.25) is 0 Å². The summed E-state index contributed by atoms with van der Waals surface area (Å²) in [4.78, 5) is 11.7. The van der Waals surface area contributed by atoms with Crippen molar-refractivity contribution in [1.82, 2.24) is 5.32 Å². The predicted molar refractivity (Wildman–Crippen MR) is 78.2 cm³/mol. The second-order valence-corrected chi connectivity index (χ2v) is 4.36. The average Bonchev–Trinajstić information content (AvgIpc) is 2.39. The van der Waals surface area contributed by atoms with Crippen LogP contribution in [0.1, 0.15) is 31.0 Å². The lowest BCUT2D eigenvalue weighted by Gasteiger charge is -2.17. The predicted octanol–water partition coefficient (Wildman–Crippen LogP) is 3.31. The van der Waals surface area contributed by atoms with Crippen molar-refractivity contribution in [3.63, 3.8) is 0 Å². The van der Waals surface area contributed by atoms with Gasteiger partial charge in [0.25, 0.3) is 0 Å².